The van der Waals surface area contributed by atoms with Crippen LogP contribution in [0.3, 0.4) is 0 Å². The molecule has 0 heterocycles. The van der Waals surface area contributed by atoms with Crippen LogP contribution in [-0.4, -0.2) is 5.11 Å². The molecule has 0 bridgehead atoms. The van der Waals surface area contributed by atoms with Gasteiger partial charge in [0.2, 0.25) is 0 Å². The lowest BCUT2D eigenvalue weighted by Crippen LogP contribution is -2.30. The van der Waals surface area contributed by atoms with E-state index in [1.165, 1.54) is 13.8 Å². The zero-order valence-electron chi connectivity index (χ0n) is 7.74. The summed E-state index contributed by atoms with van der Waals surface area (Å²) in [7, 11) is 0. The summed E-state index contributed by atoms with van der Waals surface area (Å²) in [6.45, 7) is 3.05. The predicted molar refractivity (Wildman–Crippen MR) is 52.9 cm³/mol. The summed E-state index contributed by atoms with van der Waals surface area (Å²) in [4.78, 5) is 0. The van der Waals surface area contributed by atoms with Gasteiger partial charge in [-0.2, -0.15) is 0 Å². The molecule has 3 N–H and O–H groups in total. The molecule has 0 fully saturated rings. The second kappa shape index (κ2) is 3.47. The summed E-state index contributed by atoms with van der Waals surface area (Å²) in [6.07, 6.45) is 0. The molecule has 78 valence electrons. The van der Waals surface area contributed by atoms with E-state index in [9.17, 15) is 13.9 Å². The molecule has 0 aliphatic carbocycles. The minimum atomic E-state index is -1.07. The van der Waals surface area contributed by atoms with Crippen molar-refractivity contribution in [1.29, 1.82) is 0 Å². The molecule has 0 atom stereocenters. The third kappa shape index (κ3) is 1.88. The summed E-state index contributed by atoms with van der Waals surface area (Å²) in [5, 5.41) is 9.35. The van der Waals surface area contributed by atoms with Gasteiger partial charge in [-0.15, -0.1) is 0 Å². The topological polar surface area (TPSA) is 46.2 Å². The van der Waals surface area contributed by atoms with Crippen LogP contribution in [0.4, 0.5) is 8.78 Å². The monoisotopic (exact) mass is 265 g/mol. The van der Waals surface area contributed by atoms with E-state index >= 15 is 0 Å². The van der Waals surface area contributed by atoms with E-state index in [0.717, 1.165) is 6.07 Å². The predicted octanol–water partition coefficient (Wildman–Crippen LogP) is 2.63. The van der Waals surface area contributed by atoms with Gasteiger partial charge in [-0.05, 0) is 29.8 Å². The number of phenolic OH excluding ortho intramolecular Hbond substituents is 1. The van der Waals surface area contributed by atoms with Crippen LogP contribution in [-0.2, 0) is 5.54 Å². The maximum atomic E-state index is 13.5. The van der Waals surface area contributed by atoms with Crippen molar-refractivity contribution in [3.8, 4) is 5.75 Å². The highest BCUT2D eigenvalue weighted by molar-refractivity contribution is 9.10. The third-order valence-corrected chi connectivity index (χ3v) is 2.51. The normalized spacial score (nSPS) is 11.9. The molecule has 0 radical (unpaired) electrons. The largest absolute Gasteiger partial charge is 0.507 e. The Kier molecular flexibility index (Phi) is 2.83. The zero-order chi connectivity index (χ0) is 11.1. The molecular formula is C9H10BrF2NO. The van der Waals surface area contributed by atoms with Crippen LogP contribution in [0.25, 0.3) is 0 Å². The summed E-state index contributed by atoms with van der Waals surface area (Å²) < 4.78 is 26.1. The minimum absolute atomic E-state index is 0.106. The molecular weight excluding hydrogens is 256 g/mol. The Morgan fingerprint density at radius 3 is 2.36 bits per heavy atom. The molecule has 0 aromatic heterocycles. The maximum absolute atomic E-state index is 13.5. The first-order valence-corrected chi connectivity index (χ1v) is 4.70. The lowest BCUT2D eigenvalue weighted by molar-refractivity contribution is 0.412. The highest BCUT2D eigenvalue weighted by Gasteiger charge is 2.26. The maximum Gasteiger partial charge on any atom is 0.149 e. The van der Waals surface area contributed by atoms with Crippen LogP contribution >= 0.6 is 15.9 Å². The quantitative estimate of drug-likeness (QED) is 0.767. The molecule has 0 saturated heterocycles. The van der Waals surface area contributed by atoms with Crippen molar-refractivity contribution in [2.75, 3.05) is 0 Å². The molecule has 1 aromatic carbocycles. The fraction of sp³-hybridized carbons (Fsp3) is 0.333. The average molecular weight is 266 g/mol. The van der Waals surface area contributed by atoms with Crippen LogP contribution in [0, 0.1) is 11.6 Å². The van der Waals surface area contributed by atoms with E-state index in [0.29, 0.717) is 0 Å². The van der Waals surface area contributed by atoms with Crippen LogP contribution in [0.5, 0.6) is 5.75 Å². The number of nitrogens with two attached hydrogens (primary N) is 1. The number of aromatic hydroxyl groups is 1. The standard InChI is InChI=1S/C9H10BrF2NO/c1-9(2,13)6-5(14)3-4(11)7(10)8(6)12/h3,14H,13H2,1-2H3. The van der Waals surface area contributed by atoms with Crippen LogP contribution < -0.4 is 5.73 Å². The molecule has 0 aliphatic heterocycles. The Bertz CT molecular complexity index is 374. The van der Waals surface area contributed by atoms with Crippen molar-refractivity contribution in [2.24, 2.45) is 5.73 Å². The fourth-order valence-electron chi connectivity index (χ4n) is 1.20. The number of halogens is 3. The molecule has 0 spiro atoms. The van der Waals surface area contributed by atoms with Gasteiger partial charge in [0.1, 0.15) is 17.4 Å². The minimum Gasteiger partial charge on any atom is -0.507 e. The van der Waals surface area contributed by atoms with Crippen molar-refractivity contribution in [2.45, 2.75) is 19.4 Å². The van der Waals surface area contributed by atoms with E-state index in [4.69, 9.17) is 5.73 Å². The van der Waals surface area contributed by atoms with Gasteiger partial charge in [-0.25, -0.2) is 8.78 Å². The first-order chi connectivity index (χ1) is 6.25. The third-order valence-electron chi connectivity index (χ3n) is 1.79. The Hall–Kier alpha value is -0.680. The molecule has 14 heavy (non-hydrogen) atoms. The average Bonchev–Trinajstić information content (AvgIpc) is 1.97. The smallest absolute Gasteiger partial charge is 0.149 e. The number of hydrogen-bond acceptors (Lipinski definition) is 2. The van der Waals surface area contributed by atoms with E-state index in [2.05, 4.69) is 15.9 Å². The van der Waals surface area contributed by atoms with Crippen LogP contribution in [0.2, 0.25) is 0 Å². The highest BCUT2D eigenvalue weighted by Crippen LogP contribution is 2.35. The second-order valence-electron chi connectivity index (χ2n) is 3.60. The summed E-state index contributed by atoms with van der Waals surface area (Å²) in [6, 6.07) is 0.830. The Morgan fingerprint density at radius 1 is 1.43 bits per heavy atom. The van der Waals surface area contributed by atoms with Crippen LogP contribution in [0.1, 0.15) is 19.4 Å². The highest BCUT2D eigenvalue weighted by atomic mass is 79.9. The first-order valence-electron chi connectivity index (χ1n) is 3.91. The van der Waals surface area contributed by atoms with Crippen molar-refractivity contribution >= 4 is 15.9 Å². The lowest BCUT2D eigenvalue weighted by atomic mass is 9.94. The van der Waals surface area contributed by atoms with Crippen molar-refractivity contribution in [3.63, 3.8) is 0 Å². The van der Waals surface area contributed by atoms with Gasteiger partial charge >= 0.3 is 0 Å². The van der Waals surface area contributed by atoms with Gasteiger partial charge in [0.15, 0.2) is 0 Å². The summed E-state index contributed by atoms with van der Waals surface area (Å²) in [5.74, 6) is -2.20. The fourth-order valence-corrected chi connectivity index (χ4v) is 1.51. The van der Waals surface area contributed by atoms with Gasteiger partial charge in [-0.1, -0.05) is 0 Å². The lowest BCUT2D eigenvalue weighted by Gasteiger charge is -2.21. The van der Waals surface area contributed by atoms with E-state index in [-0.39, 0.29) is 10.0 Å². The Morgan fingerprint density at radius 2 is 1.93 bits per heavy atom. The Balaban J connectivity index is 3.53. The molecule has 1 aromatic rings. The second-order valence-corrected chi connectivity index (χ2v) is 4.40. The van der Waals surface area contributed by atoms with E-state index < -0.39 is 22.9 Å². The van der Waals surface area contributed by atoms with Crippen LogP contribution in [0.15, 0.2) is 10.5 Å². The molecule has 1 rings (SSSR count). The summed E-state index contributed by atoms with van der Waals surface area (Å²) >= 11 is 2.74. The number of rotatable bonds is 1. The zero-order valence-corrected chi connectivity index (χ0v) is 9.32. The molecule has 0 aliphatic rings. The van der Waals surface area contributed by atoms with Crippen molar-refractivity contribution < 1.29 is 13.9 Å². The van der Waals surface area contributed by atoms with Gasteiger partial charge in [0.25, 0.3) is 0 Å². The van der Waals surface area contributed by atoms with Crippen molar-refractivity contribution in [1.82, 2.24) is 0 Å². The summed E-state index contributed by atoms with van der Waals surface area (Å²) in [5.41, 5.74) is 4.46. The molecule has 2 nitrogen and oxygen atoms in total. The molecule has 0 amide bonds. The molecule has 5 heteroatoms. The van der Waals surface area contributed by atoms with Gasteiger partial charge < -0.3 is 10.8 Å². The van der Waals surface area contributed by atoms with Crippen molar-refractivity contribution in [3.05, 3.63) is 27.7 Å². The van der Waals surface area contributed by atoms with E-state index in [1.54, 1.807) is 0 Å². The number of hydrogen-bond donors (Lipinski definition) is 2. The number of benzene rings is 1. The van der Waals surface area contributed by atoms with Gasteiger partial charge in [-0.3, -0.25) is 0 Å². The first kappa shape index (κ1) is 11.4. The Labute approximate surface area is 88.9 Å². The SMILES string of the molecule is CC(C)(N)c1c(O)cc(F)c(Br)c1F. The molecule has 0 unspecified atom stereocenters. The van der Waals surface area contributed by atoms with E-state index in [1.807, 2.05) is 0 Å². The van der Waals surface area contributed by atoms with Gasteiger partial charge in [0.05, 0.1) is 10.0 Å². The number of phenols is 1. The molecule has 0 saturated carbocycles. The van der Waals surface area contributed by atoms with Gasteiger partial charge in [0, 0.05) is 11.6 Å².